The van der Waals surface area contributed by atoms with Gasteiger partial charge in [0.2, 0.25) is 0 Å². The molecule has 23 heavy (non-hydrogen) atoms. The summed E-state index contributed by atoms with van der Waals surface area (Å²) in [6.45, 7) is 1.70. The van der Waals surface area contributed by atoms with Crippen LogP contribution in [0.25, 0.3) is 6.08 Å². The van der Waals surface area contributed by atoms with Gasteiger partial charge in [-0.3, -0.25) is 4.79 Å². The quantitative estimate of drug-likeness (QED) is 0.645. The highest BCUT2D eigenvalue weighted by Crippen LogP contribution is 2.15. The van der Waals surface area contributed by atoms with Crippen molar-refractivity contribution < 1.29 is 9.53 Å². The maximum Gasteiger partial charge on any atom is 0.277 e. The van der Waals surface area contributed by atoms with Crippen molar-refractivity contribution in [1.29, 1.82) is 0 Å². The average molecular weight is 329 g/mol. The van der Waals surface area contributed by atoms with E-state index in [1.165, 1.54) is 0 Å². The molecule has 0 radical (unpaired) electrons. The van der Waals surface area contributed by atoms with Gasteiger partial charge in [0.15, 0.2) is 6.61 Å². The molecule has 0 saturated heterocycles. The summed E-state index contributed by atoms with van der Waals surface area (Å²) in [5.74, 6) is 0.252. The van der Waals surface area contributed by atoms with Gasteiger partial charge in [-0.2, -0.15) is 5.10 Å². The van der Waals surface area contributed by atoms with Crippen molar-refractivity contribution in [2.24, 2.45) is 5.10 Å². The topological polar surface area (TPSA) is 50.7 Å². The van der Waals surface area contributed by atoms with Crippen LogP contribution in [-0.2, 0) is 4.79 Å². The summed E-state index contributed by atoms with van der Waals surface area (Å²) in [5, 5.41) is 4.61. The van der Waals surface area contributed by atoms with Gasteiger partial charge in [-0.1, -0.05) is 48.0 Å². The Bertz CT molecular complexity index is 695. The second kappa shape index (κ2) is 8.76. The third kappa shape index (κ3) is 6.36. The number of halogens is 1. The number of benzene rings is 2. The molecule has 0 bridgehead atoms. The number of carbonyl (C=O) groups is 1. The Kier molecular flexibility index (Phi) is 6.39. The molecule has 0 fully saturated rings. The van der Waals surface area contributed by atoms with E-state index in [0.29, 0.717) is 16.5 Å². The summed E-state index contributed by atoms with van der Waals surface area (Å²) >= 11 is 5.77. The Morgan fingerprint density at radius 2 is 1.87 bits per heavy atom. The maximum absolute atomic E-state index is 11.7. The number of hydrazone groups is 1. The second-order valence-corrected chi connectivity index (χ2v) is 5.21. The van der Waals surface area contributed by atoms with Gasteiger partial charge < -0.3 is 4.74 Å². The van der Waals surface area contributed by atoms with Gasteiger partial charge in [0.25, 0.3) is 5.91 Å². The van der Waals surface area contributed by atoms with Gasteiger partial charge in [-0.25, -0.2) is 5.43 Å². The number of nitrogens with one attached hydrogen (secondary N) is 1. The van der Waals surface area contributed by atoms with E-state index >= 15 is 0 Å². The van der Waals surface area contributed by atoms with Crippen LogP contribution in [0.3, 0.4) is 0 Å². The third-order valence-corrected chi connectivity index (χ3v) is 3.11. The van der Waals surface area contributed by atoms with Gasteiger partial charge in [0.1, 0.15) is 5.75 Å². The predicted octanol–water partition coefficient (Wildman–Crippen LogP) is 3.92. The molecule has 1 amide bonds. The zero-order valence-electron chi connectivity index (χ0n) is 12.7. The molecule has 4 nitrogen and oxygen atoms in total. The summed E-state index contributed by atoms with van der Waals surface area (Å²) in [6, 6.07) is 16.7. The van der Waals surface area contributed by atoms with Gasteiger partial charge in [-0.15, -0.1) is 0 Å². The Morgan fingerprint density at radius 3 is 2.57 bits per heavy atom. The molecule has 0 saturated carbocycles. The van der Waals surface area contributed by atoms with Crippen LogP contribution in [0.1, 0.15) is 12.5 Å². The predicted molar refractivity (Wildman–Crippen MR) is 93.7 cm³/mol. The normalized spacial score (nSPS) is 11.5. The van der Waals surface area contributed by atoms with Gasteiger partial charge in [0, 0.05) is 5.02 Å². The largest absolute Gasteiger partial charge is 0.484 e. The minimum Gasteiger partial charge on any atom is -0.484 e. The molecule has 2 rings (SSSR count). The van der Waals surface area contributed by atoms with Crippen LogP contribution in [-0.4, -0.2) is 18.2 Å². The first kappa shape index (κ1) is 16.8. The summed E-state index contributed by atoms with van der Waals surface area (Å²) in [4.78, 5) is 11.7. The molecule has 5 heteroatoms. The molecule has 0 aliphatic heterocycles. The van der Waals surface area contributed by atoms with Crippen molar-refractivity contribution >= 4 is 29.3 Å². The third-order valence-electron chi connectivity index (χ3n) is 2.86. The first-order chi connectivity index (χ1) is 11.1. The minimum atomic E-state index is -0.326. The van der Waals surface area contributed by atoms with E-state index in [1.54, 1.807) is 31.2 Å². The number of ether oxygens (including phenoxy) is 1. The number of carbonyl (C=O) groups excluding carboxylic acids is 1. The molecule has 0 unspecified atom stereocenters. The lowest BCUT2D eigenvalue weighted by atomic mass is 10.2. The van der Waals surface area contributed by atoms with Crippen LogP contribution in [0.4, 0.5) is 0 Å². The van der Waals surface area contributed by atoms with E-state index in [0.717, 1.165) is 5.56 Å². The molecule has 0 aromatic heterocycles. The van der Waals surface area contributed by atoms with E-state index in [-0.39, 0.29) is 12.5 Å². The number of hydrogen-bond donors (Lipinski definition) is 1. The molecular formula is C18H17ClN2O2. The molecule has 2 aromatic rings. The fraction of sp³-hybridized carbons (Fsp3) is 0.111. The number of rotatable bonds is 6. The highest BCUT2D eigenvalue weighted by atomic mass is 35.5. The standard InChI is InChI=1S/C18H17ClN2O2/c1-14(7-8-15-5-3-2-4-6-15)20-21-18(22)13-23-17-11-9-16(19)10-12-17/h2-12H,13H2,1H3,(H,21,22)/b8-7+,20-14+. The molecule has 0 heterocycles. The molecular weight excluding hydrogens is 312 g/mol. The maximum atomic E-state index is 11.7. The number of amides is 1. The Labute approximate surface area is 140 Å². The summed E-state index contributed by atoms with van der Waals surface area (Å²) in [7, 11) is 0. The van der Waals surface area contributed by atoms with Gasteiger partial charge in [0.05, 0.1) is 5.71 Å². The van der Waals surface area contributed by atoms with Gasteiger partial charge >= 0.3 is 0 Å². The smallest absolute Gasteiger partial charge is 0.277 e. The van der Waals surface area contributed by atoms with E-state index < -0.39 is 0 Å². The zero-order valence-corrected chi connectivity index (χ0v) is 13.5. The highest BCUT2D eigenvalue weighted by Gasteiger charge is 2.01. The van der Waals surface area contributed by atoms with E-state index in [9.17, 15) is 4.79 Å². The fourth-order valence-corrected chi connectivity index (χ4v) is 1.81. The number of hydrogen-bond acceptors (Lipinski definition) is 3. The van der Waals surface area contributed by atoms with Gasteiger partial charge in [-0.05, 0) is 42.8 Å². The van der Waals surface area contributed by atoms with Crippen LogP contribution in [0.15, 0.2) is 65.8 Å². The lowest BCUT2D eigenvalue weighted by Gasteiger charge is -2.05. The van der Waals surface area contributed by atoms with E-state index in [1.807, 2.05) is 42.5 Å². The number of nitrogens with zero attached hydrogens (tertiary/aromatic N) is 1. The Morgan fingerprint density at radius 1 is 1.17 bits per heavy atom. The van der Waals surface area contributed by atoms with Crippen molar-refractivity contribution in [1.82, 2.24) is 5.43 Å². The fourth-order valence-electron chi connectivity index (χ4n) is 1.68. The average Bonchev–Trinajstić information content (AvgIpc) is 2.58. The lowest BCUT2D eigenvalue weighted by Crippen LogP contribution is -2.25. The van der Waals surface area contributed by atoms with Crippen molar-refractivity contribution in [3.63, 3.8) is 0 Å². The monoisotopic (exact) mass is 328 g/mol. The van der Waals surface area contributed by atoms with Crippen LogP contribution >= 0.6 is 11.6 Å². The molecule has 0 atom stereocenters. The second-order valence-electron chi connectivity index (χ2n) is 4.77. The highest BCUT2D eigenvalue weighted by molar-refractivity contribution is 6.30. The van der Waals surface area contributed by atoms with Crippen molar-refractivity contribution in [2.75, 3.05) is 6.61 Å². The molecule has 0 aliphatic carbocycles. The van der Waals surface area contributed by atoms with Crippen LogP contribution < -0.4 is 10.2 Å². The SMILES string of the molecule is CC(/C=C/c1ccccc1)=N\NC(=O)COc1ccc(Cl)cc1. The van der Waals surface area contributed by atoms with Crippen LogP contribution in [0.5, 0.6) is 5.75 Å². The van der Waals surface area contributed by atoms with E-state index in [2.05, 4.69) is 10.5 Å². The van der Waals surface area contributed by atoms with E-state index in [4.69, 9.17) is 16.3 Å². The number of allylic oxidation sites excluding steroid dienone is 1. The lowest BCUT2D eigenvalue weighted by molar-refractivity contribution is -0.123. The molecule has 1 N–H and O–H groups in total. The summed E-state index contributed by atoms with van der Waals surface area (Å²) < 4.78 is 5.33. The molecule has 0 spiro atoms. The van der Waals surface area contributed by atoms with Crippen LogP contribution in [0.2, 0.25) is 5.02 Å². The first-order valence-electron chi connectivity index (χ1n) is 7.08. The Hall–Kier alpha value is -2.59. The minimum absolute atomic E-state index is 0.110. The molecule has 0 aliphatic rings. The Balaban J connectivity index is 1.78. The van der Waals surface area contributed by atoms with Crippen molar-refractivity contribution in [3.05, 3.63) is 71.3 Å². The molecule has 118 valence electrons. The zero-order chi connectivity index (χ0) is 16.5. The summed E-state index contributed by atoms with van der Waals surface area (Å²) in [5.41, 5.74) is 4.20. The van der Waals surface area contributed by atoms with Crippen LogP contribution in [0, 0.1) is 0 Å². The first-order valence-corrected chi connectivity index (χ1v) is 7.46. The van der Waals surface area contributed by atoms with Crippen molar-refractivity contribution in [2.45, 2.75) is 6.92 Å². The molecule has 2 aromatic carbocycles. The van der Waals surface area contributed by atoms with Crippen molar-refractivity contribution in [3.8, 4) is 5.75 Å². The summed E-state index contributed by atoms with van der Waals surface area (Å²) in [6.07, 6.45) is 3.75.